The monoisotopic (exact) mass is 602 g/mol. The fraction of sp³-hybridized carbons (Fsp3) is 0.312. The van der Waals surface area contributed by atoms with Crippen molar-refractivity contribution >= 4 is 30.9 Å². The summed E-state index contributed by atoms with van der Waals surface area (Å²) < 4.78 is 65.8. The maximum absolute atomic E-state index is 16.7. The molecule has 0 saturated heterocycles. The van der Waals surface area contributed by atoms with Gasteiger partial charge in [-0.05, 0) is 0 Å². The van der Waals surface area contributed by atoms with Crippen molar-refractivity contribution in [1.29, 1.82) is 0 Å². The first-order valence-corrected chi connectivity index (χ1v) is 16.5. The van der Waals surface area contributed by atoms with E-state index in [2.05, 4.69) is 10.6 Å². The number of hydrogen-bond donors (Lipinski definition) is 2. The number of nitrogens with one attached hydrogen (secondary N) is 2. The summed E-state index contributed by atoms with van der Waals surface area (Å²) in [6, 6.07) is 4.31. The molecule has 0 aromatic heterocycles. The number of anilines is 2. The first kappa shape index (κ1) is 30.7. The Bertz CT molecular complexity index is 1430. The number of allylic oxidation sites excluding steroid dienone is 8. The first-order valence-electron chi connectivity index (χ1n) is 13.4. The van der Waals surface area contributed by atoms with Gasteiger partial charge in [0.05, 0.1) is 0 Å². The van der Waals surface area contributed by atoms with E-state index in [0.717, 1.165) is 24.3 Å². The van der Waals surface area contributed by atoms with Gasteiger partial charge in [0.2, 0.25) is 0 Å². The molecule has 2 aliphatic rings. The van der Waals surface area contributed by atoms with Gasteiger partial charge in [0.15, 0.2) is 0 Å². The van der Waals surface area contributed by atoms with Crippen LogP contribution in [0.1, 0.15) is 54.4 Å². The third kappa shape index (κ3) is 5.64. The zero-order valence-electron chi connectivity index (χ0n) is 24.0. The maximum atomic E-state index is 16.7. The number of carbonyl (C=O) groups excluding carboxylic acids is 2. The molecule has 0 radical (unpaired) electrons. The van der Waals surface area contributed by atoms with E-state index in [0.29, 0.717) is 7.76 Å². The van der Waals surface area contributed by atoms with Gasteiger partial charge in [0, 0.05) is 0 Å². The number of amides is 2. The molecule has 0 heterocycles. The molecule has 0 bridgehead atoms. The number of carbonyl (C=O) groups is 2. The Balaban J connectivity index is 2.09. The van der Waals surface area contributed by atoms with Crippen LogP contribution in [0.15, 0.2) is 68.5 Å². The molecular formula is C32H34F4N2O2Ti. The van der Waals surface area contributed by atoms with Gasteiger partial charge >= 0.3 is 242 Å². The van der Waals surface area contributed by atoms with Crippen molar-refractivity contribution in [1.82, 2.24) is 0 Å². The molecule has 2 N–H and O–H groups in total. The molecule has 4 rings (SSSR count). The van der Waals surface area contributed by atoms with Crippen molar-refractivity contribution in [2.45, 2.75) is 54.4 Å². The predicted molar refractivity (Wildman–Crippen MR) is 152 cm³/mol. The molecular weight excluding hydrogens is 568 g/mol. The van der Waals surface area contributed by atoms with Crippen LogP contribution >= 0.6 is 0 Å². The molecule has 41 heavy (non-hydrogen) atoms. The Morgan fingerprint density at radius 2 is 1.02 bits per heavy atom. The van der Waals surface area contributed by atoms with Gasteiger partial charge in [-0.1, -0.05) is 0 Å². The van der Waals surface area contributed by atoms with Gasteiger partial charge < -0.3 is 0 Å². The molecule has 0 fully saturated rings. The summed E-state index contributed by atoms with van der Waals surface area (Å²) >= 11 is -5.11. The van der Waals surface area contributed by atoms with Gasteiger partial charge in [-0.2, -0.15) is 0 Å². The summed E-state index contributed by atoms with van der Waals surface area (Å²) in [5.41, 5.74) is -2.31. The Kier molecular flexibility index (Phi) is 8.41. The van der Waals surface area contributed by atoms with Crippen LogP contribution in [0, 0.1) is 34.1 Å². The Hall–Kier alpha value is -3.23. The first-order chi connectivity index (χ1) is 19.1. The van der Waals surface area contributed by atoms with Crippen LogP contribution in [0.4, 0.5) is 28.9 Å². The number of rotatable bonds is 6. The molecule has 0 aliphatic heterocycles. The zero-order valence-corrected chi connectivity index (χ0v) is 25.6. The summed E-state index contributed by atoms with van der Waals surface area (Å²) in [7, 11) is 0. The fourth-order valence-electron chi connectivity index (χ4n) is 5.03. The van der Waals surface area contributed by atoms with E-state index in [4.69, 9.17) is 0 Å². The molecule has 216 valence electrons. The molecule has 0 spiro atoms. The van der Waals surface area contributed by atoms with E-state index >= 15 is 17.6 Å². The zero-order chi connectivity index (χ0) is 30.3. The van der Waals surface area contributed by atoms with Crippen LogP contribution in [-0.4, -0.2) is 11.8 Å². The van der Waals surface area contributed by atoms with Crippen LogP contribution in [0.5, 0.6) is 0 Å². The molecule has 2 aromatic carbocycles. The van der Waals surface area contributed by atoms with Gasteiger partial charge in [-0.25, -0.2) is 0 Å². The van der Waals surface area contributed by atoms with Crippen molar-refractivity contribution in [2.24, 2.45) is 10.8 Å². The summed E-state index contributed by atoms with van der Waals surface area (Å²) in [5, 5.41) is 5.08. The summed E-state index contributed by atoms with van der Waals surface area (Å²) in [6.45, 7) is 9.91. The van der Waals surface area contributed by atoms with Crippen molar-refractivity contribution in [2.75, 3.05) is 10.6 Å². The van der Waals surface area contributed by atoms with Gasteiger partial charge in [-0.15, -0.1) is 0 Å². The Morgan fingerprint density at radius 1 is 0.659 bits per heavy atom. The van der Waals surface area contributed by atoms with Crippen molar-refractivity contribution < 1.29 is 43.7 Å². The van der Waals surface area contributed by atoms with Crippen LogP contribution in [0.2, 0.25) is 0 Å². The molecule has 0 unspecified atom stereocenters. The van der Waals surface area contributed by atoms with Crippen molar-refractivity contribution in [3.05, 3.63) is 91.7 Å². The van der Waals surface area contributed by atoms with Crippen molar-refractivity contribution in [3.8, 4) is 0 Å². The second kappa shape index (κ2) is 11.2. The standard InChI is InChI=1S/2C11H12F2NO.2C5H5.Ti/c2*1-11(2,3)10(15)14-9-5-4-7(12)6-8(9)13;2*1-2-4-5-3-1;/h2*4-5H,1-3H3,(H,14,15);2*1-3H,4H2;. The van der Waals surface area contributed by atoms with Crippen LogP contribution in [0.25, 0.3) is 0 Å². The Morgan fingerprint density at radius 3 is 1.32 bits per heavy atom. The molecule has 2 aliphatic carbocycles. The average molecular weight is 602 g/mol. The van der Waals surface area contributed by atoms with Gasteiger partial charge in [-0.3, -0.25) is 0 Å². The van der Waals surface area contributed by atoms with Crippen molar-refractivity contribution in [3.63, 3.8) is 0 Å². The molecule has 0 atom stereocenters. The minimum atomic E-state index is -5.11. The molecule has 0 saturated carbocycles. The fourth-order valence-corrected chi connectivity index (χ4v) is 13.3. The van der Waals surface area contributed by atoms with E-state index in [1.165, 1.54) is 0 Å². The molecule has 9 heteroatoms. The number of hydrogen-bond acceptors (Lipinski definition) is 2. The van der Waals surface area contributed by atoms with Crippen LogP contribution < -0.4 is 18.4 Å². The van der Waals surface area contributed by atoms with E-state index in [9.17, 15) is 9.59 Å². The number of halogens is 4. The van der Waals surface area contributed by atoms with E-state index in [1.807, 2.05) is 0 Å². The topological polar surface area (TPSA) is 58.2 Å². The van der Waals surface area contributed by atoms with Gasteiger partial charge in [0.1, 0.15) is 0 Å². The summed E-state index contributed by atoms with van der Waals surface area (Å²) in [6.07, 6.45) is 10.8. The van der Waals surface area contributed by atoms with E-state index in [-0.39, 0.29) is 24.2 Å². The third-order valence-corrected chi connectivity index (χ3v) is 15.2. The van der Waals surface area contributed by atoms with Crippen LogP contribution in [0.3, 0.4) is 0 Å². The van der Waals surface area contributed by atoms with E-state index < -0.39 is 70.2 Å². The normalized spacial score (nSPS) is 15.2. The predicted octanol–water partition coefficient (Wildman–Crippen LogP) is 7.00. The van der Waals surface area contributed by atoms with Gasteiger partial charge in [0.25, 0.3) is 0 Å². The minimum absolute atomic E-state index is 0.242. The third-order valence-electron chi connectivity index (χ3n) is 7.30. The number of benzene rings is 2. The summed E-state index contributed by atoms with van der Waals surface area (Å²) in [4.78, 5) is 25.6. The molecule has 2 amide bonds. The molecule has 2 aromatic rings. The van der Waals surface area contributed by atoms with E-state index in [1.54, 1.807) is 78.0 Å². The average Bonchev–Trinajstić information content (AvgIpc) is 3.60. The second-order valence-electron chi connectivity index (χ2n) is 12.4. The second-order valence-corrected chi connectivity index (χ2v) is 18.3. The van der Waals surface area contributed by atoms with Crippen LogP contribution in [-0.2, 0) is 26.2 Å². The summed E-state index contributed by atoms with van der Waals surface area (Å²) in [5.74, 6) is -5.04. The SMILES string of the molecule is CC(C)(C)C(=O)Nc1ccc(F)[c]([Ti]([C]2=CC=CC2)([C]2=CC=CC2)[c]2c(F)ccc(NC(=O)C(C)(C)C)c2F)c1F. The quantitative estimate of drug-likeness (QED) is 0.276. The Labute approximate surface area is 241 Å². The molecule has 4 nitrogen and oxygen atoms in total.